The Kier molecular flexibility index (Phi) is 5.11. The molecule has 0 aliphatic rings. The fourth-order valence-electron chi connectivity index (χ4n) is 3.07. The molecular formula is C21H16ClN5O2S. The van der Waals surface area contributed by atoms with Crippen LogP contribution in [-0.2, 0) is 10.0 Å². The number of halogens is 1. The second-order valence-electron chi connectivity index (χ2n) is 6.45. The van der Waals surface area contributed by atoms with Gasteiger partial charge in [0.25, 0.3) is 10.0 Å². The first kappa shape index (κ1) is 19.8. The summed E-state index contributed by atoms with van der Waals surface area (Å²) in [4.78, 5) is 9.16. The third-order valence-electron chi connectivity index (χ3n) is 4.39. The van der Waals surface area contributed by atoms with Crippen LogP contribution in [0.5, 0.6) is 0 Å². The summed E-state index contributed by atoms with van der Waals surface area (Å²) in [6.45, 7) is 0. The maximum atomic E-state index is 12.0. The largest absolute Gasteiger partial charge is 0.369 e. The first-order chi connectivity index (χ1) is 14.3. The fraction of sp³-hybridized carbons (Fsp3) is 0. The molecule has 0 radical (unpaired) electrons. The summed E-state index contributed by atoms with van der Waals surface area (Å²) >= 11 is 6.13. The number of guanidine groups is 1. The maximum Gasteiger partial charge on any atom is 0.285 e. The second-order valence-corrected chi connectivity index (χ2v) is 8.49. The number of benzene rings is 3. The van der Waals surface area contributed by atoms with Crippen LogP contribution < -0.4 is 11.5 Å². The zero-order valence-corrected chi connectivity index (χ0v) is 17.1. The molecule has 4 rings (SSSR count). The van der Waals surface area contributed by atoms with Crippen molar-refractivity contribution >= 4 is 61.3 Å². The molecule has 30 heavy (non-hydrogen) atoms. The Morgan fingerprint density at radius 2 is 1.63 bits per heavy atom. The number of sulfonamides is 1. The summed E-state index contributed by atoms with van der Waals surface area (Å²) < 4.78 is 27.4. The van der Waals surface area contributed by atoms with Gasteiger partial charge in [0.05, 0.1) is 21.6 Å². The number of hydrogen-bond acceptors (Lipinski definition) is 4. The lowest BCUT2D eigenvalue weighted by Crippen LogP contribution is -2.24. The molecule has 0 atom stereocenters. The Labute approximate surface area is 177 Å². The van der Waals surface area contributed by atoms with Crippen molar-refractivity contribution in [3.63, 3.8) is 0 Å². The van der Waals surface area contributed by atoms with Crippen molar-refractivity contribution in [2.24, 2.45) is 20.9 Å². The van der Waals surface area contributed by atoms with Crippen molar-refractivity contribution in [3.8, 4) is 0 Å². The minimum Gasteiger partial charge on any atom is -0.369 e. The molecule has 0 aliphatic carbocycles. The number of aliphatic imine (C=N–C) groups is 1. The van der Waals surface area contributed by atoms with Gasteiger partial charge >= 0.3 is 0 Å². The van der Waals surface area contributed by atoms with E-state index < -0.39 is 16.0 Å². The van der Waals surface area contributed by atoms with Gasteiger partial charge in [-0.15, -0.1) is 4.40 Å². The van der Waals surface area contributed by atoms with Crippen molar-refractivity contribution in [3.05, 3.63) is 77.3 Å². The maximum absolute atomic E-state index is 12.0. The molecule has 4 aromatic rings. The number of aromatic nitrogens is 1. The van der Waals surface area contributed by atoms with E-state index in [0.29, 0.717) is 10.7 Å². The molecule has 1 aromatic heterocycles. The van der Waals surface area contributed by atoms with Crippen LogP contribution in [0.15, 0.2) is 81.0 Å². The van der Waals surface area contributed by atoms with Crippen LogP contribution in [0.25, 0.3) is 21.8 Å². The van der Waals surface area contributed by atoms with E-state index in [2.05, 4.69) is 14.4 Å². The summed E-state index contributed by atoms with van der Waals surface area (Å²) in [5.41, 5.74) is 13.4. The quantitative estimate of drug-likeness (QED) is 0.286. The van der Waals surface area contributed by atoms with E-state index in [9.17, 15) is 8.42 Å². The molecule has 0 unspecified atom stereocenters. The van der Waals surface area contributed by atoms with E-state index >= 15 is 0 Å². The van der Waals surface area contributed by atoms with E-state index in [-0.39, 0.29) is 4.90 Å². The molecule has 150 valence electrons. The lowest BCUT2D eigenvalue weighted by molar-refractivity contribution is 0.598. The number of nitrogens with two attached hydrogens (primary N) is 2. The van der Waals surface area contributed by atoms with E-state index in [1.165, 1.54) is 12.1 Å². The Bertz CT molecular complexity index is 1430. The highest BCUT2D eigenvalue weighted by Gasteiger charge is 2.13. The third kappa shape index (κ3) is 3.96. The Morgan fingerprint density at radius 3 is 2.37 bits per heavy atom. The van der Waals surface area contributed by atoms with Gasteiger partial charge in [0, 0.05) is 27.6 Å². The minimum absolute atomic E-state index is 0.0238. The molecule has 3 aromatic carbocycles. The van der Waals surface area contributed by atoms with Gasteiger partial charge < -0.3 is 11.5 Å². The monoisotopic (exact) mass is 437 g/mol. The highest BCUT2D eigenvalue weighted by molar-refractivity contribution is 7.90. The Hall–Kier alpha value is -3.49. The van der Waals surface area contributed by atoms with Gasteiger partial charge in [0.1, 0.15) is 0 Å². The van der Waals surface area contributed by atoms with Gasteiger partial charge in [0.2, 0.25) is 5.96 Å². The molecule has 0 bridgehead atoms. The molecular weight excluding hydrogens is 422 g/mol. The van der Waals surface area contributed by atoms with Gasteiger partial charge in [-0.05, 0) is 42.5 Å². The summed E-state index contributed by atoms with van der Waals surface area (Å²) in [7, 11) is -3.94. The highest BCUT2D eigenvalue weighted by atomic mass is 35.5. The van der Waals surface area contributed by atoms with E-state index in [1.807, 2.05) is 36.4 Å². The van der Waals surface area contributed by atoms with Crippen LogP contribution in [0.2, 0.25) is 5.02 Å². The molecule has 9 heteroatoms. The molecule has 7 nitrogen and oxygen atoms in total. The topological polar surface area (TPSA) is 124 Å². The van der Waals surface area contributed by atoms with Crippen molar-refractivity contribution in [1.82, 2.24) is 4.98 Å². The van der Waals surface area contributed by atoms with Crippen LogP contribution in [0, 0.1) is 0 Å². The molecule has 0 amide bonds. The molecule has 0 spiro atoms. The Morgan fingerprint density at radius 1 is 0.933 bits per heavy atom. The van der Waals surface area contributed by atoms with E-state index in [1.54, 1.807) is 24.4 Å². The number of nitrogens with zero attached hydrogens (tertiary/aromatic N) is 3. The highest BCUT2D eigenvalue weighted by Crippen LogP contribution is 2.27. The van der Waals surface area contributed by atoms with E-state index in [0.717, 1.165) is 27.4 Å². The number of rotatable bonds is 4. The van der Waals surface area contributed by atoms with Crippen LogP contribution in [0.4, 0.5) is 5.69 Å². The summed E-state index contributed by atoms with van der Waals surface area (Å²) in [5.74, 6) is -0.520. The fourth-order valence-corrected chi connectivity index (χ4v) is 4.10. The van der Waals surface area contributed by atoms with Gasteiger partial charge in [-0.3, -0.25) is 4.99 Å². The Balaban J connectivity index is 1.78. The van der Waals surface area contributed by atoms with Gasteiger partial charge in [-0.25, -0.2) is 4.98 Å². The average Bonchev–Trinajstić information content (AvgIpc) is 2.70. The first-order valence-electron chi connectivity index (χ1n) is 8.81. The summed E-state index contributed by atoms with van der Waals surface area (Å²) in [5, 5.41) is 2.46. The predicted octanol–water partition coefficient (Wildman–Crippen LogP) is 3.75. The zero-order chi connectivity index (χ0) is 21.3. The number of fused-ring (bicyclic) bond motifs is 2. The zero-order valence-electron chi connectivity index (χ0n) is 15.5. The smallest absolute Gasteiger partial charge is 0.285 e. The SMILES string of the molecule is NC(N)=NS(=O)(=O)c1ccc(N=Cc2c3ccccc3nc3cc(Cl)ccc23)cc1. The lowest BCUT2D eigenvalue weighted by Gasteiger charge is -2.07. The number of pyridine rings is 1. The van der Waals surface area contributed by atoms with Gasteiger partial charge in [-0.1, -0.05) is 35.9 Å². The normalized spacial score (nSPS) is 11.9. The summed E-state index contributed by atoms with van der Waals surface area (Å²) in [6.07, 6.45) is 1.74. The summed E-state index contributed by atoms with van der Waals surface area (Å²) in [6, 6.07) is 19.2. The molecule has 0 aliphatic heterocycles. The predicted molar refractivity (Wildman–Crippen MR) is 121 cm³/mol. The number of hydrogen-bond donors (Lipinski definition) is 2. The van der Waals surface area contributed by atoms with Crippen molar-refractivity contribution in [2.45, 2.75) is 4.90 Å². The first-order valence-corrected chi connectivity index (χ1v) is 10.6. The average molecular weight is 438 g/mol. The minimum atomic E-state index is -3.94. The molecule has 0 fully saturated rings. The van der Waals surface area contributed by atoms with Crippen LogP contribution in [0.1, 0.15) is 5.56 Å². The van der Waals surface area contributed by atoms with Crippen molar-refractivity contribution in [1.29, 1.82) is 0 Å². The van der Waals surface area contributed by atoms with Crippen molar-refractivity contribution < 1.29 is 8.42 Å². The van der Waals surface area contributed by atoms with E-state index in [4.69, 9.17) is 23.1 Å². The molecule has 4 N–H and O–H groups in total. The molecule has 0 saturated heterocycles. The number of para-hydroxylation sites is 1. The van der Waals surface area contributed by atoms with Gasteiger partial charge in [0.15, 0.2) is 0 Å². The van der Waals surface area contributed by atoms with Crippen LogP contribution in [0.3, 0.4) is 0 Å². The molecule has 0 saturated carbocycles. The van der Waals surface area contributed by atoms with Crippen molar-refractivity contribution in [2.75, 3.05) is 0 Å². The van der Waals surface area contributed by atoms with Gasteiger partial charge in [-0.2, -0.15) is 8.42 Å². The molecule has 1 heterocycles. The lowest BCUT2D eigenvalue weighted by atomic mass is 10.0. The third-order valence-corrected chi connectivity index (χ3v) is 5.94. The van der Waals surface area contributed by atoms with Crippen LogP contribution in [-0.4, -0.2) is 25.6 Å². The second kappa shape index (κ2) is 7.74. The standard InChI is InChI=1S/C21H16ClN5O2S/c22-13-5-10-17-18(16-3-1-2-4-19(16)26-20(17)11-13)12-25-14-6-8-15(9-7-14)30(28,29)27-21(23)24/h1-12H,(H4,23,24,27). The van der Waals surface area contributed by atoms with Crippen LogP contribution >= 0.6 is 11.6 Å².